The van der Waals surface area contributed by atoms with E-state index in [9.17, 15) is 4.79 Å². The fourth-order valence-electron chi connectivity index (χ4n) is 2.00. The summed E-state index contributed by atoms with van der Waals surface area (Å²) in [6, 6.07) is 0.337. The standard InChI is InChI=1S/C11H21NO2/c1-3-4-5-8-12-10(9-14-2)6-7-11(12)13/h10H,3-9H2,1-2H3/t10-/m1/s1. The monoisotopic (exact) mass is 199 g/mol. The summed E-state index contributed by atoms with van der Waals surface area (Å²) in [6.45, 7) is 3.79. The van der Waals surface area contributed by atoms with Crippen LogP contribution in [0.25, 0.3) is 0 Å². The Bertz CT molecular complexity index is 182. The summed E-state index contributed by atoms with van der Waals surface area (Å²) in [6.07, 6.45) is 5.22. The number of rotatable bonds is 6. The normalized spacial score (nSPS) is 22.0. The summed E-state index contributed by atoms with van der Waals surface area (Å²) in [7, 11) is 1.70. The summed E-state index contributed by atoms with van der Waals surface area (Å²) < 4.78 is 5.12. The van der Waals surface area contributed by atoms with Crippen molar-refractivity contribution in [2.45, 2.75) is 45.1 Å². The molecule has 0 N–H and O–H groups in total. The van der Waals surface area contributed by atoms with Crippen molar-refractivity contribution in [3.05, 3.63) is 0 Å². The van der Waals surface area contributed by atoms with Gasteiger partial charge in [0.05, 0.1) is 12.6 Å². The molecular weight excluding hydrogens is 178 g/mol. The Morgan fingerprint density at radius 1 is 1.50 bits per heavy atom. The third kappa shape index (κ3) is 2.98. The smallest absolute Gasteiger partial charge is 0.222 e. The first-order chi connectivity index (χ1) is 6.79. The largest absolute Gasteiger partial charge is 0.383 e. The van der Waals surface area contributed by atoms with Crippen LogP contribution in [0, 0.1) is 0 Å². The van der Waals surface area contributed by atoms with Gasteiger partial charge in [0.15, 0.2) is 0 Å². The molecule has 0 bridgehead atoms. The fraction of sp³-hybridized carbons (Fsp3) is 0.909. The lowest BCUT2D eigenvalue weighted by atomic mass is 10.2. The van der Waals surface area contributed by atoms with Crippen molar-refractivity contribution in [3.63, 3.8) is 0 Å². The van der Waals surface area contributed by atoms with Crippen LogP contribution in [-0.2, 0) is 9.53 Å². The molecule has 0 aromatic carbocycles. The minimum Gasteiger partial charge on any atom is -0.383 e. The van der Waals surface area contributed by atoms with Gasteiger partial charge in [0.25, 0.3) is 0 Å². The number of ether oxygens (including phenoxy) is 1. The quantitative estimate of drug-likeness (QED) is 0.611. The highest BCUT2D eigenvalue weighted by Crippen LogP contribution is 2.19. The lowest BCUT2D eigenvalue weighted by Crippen LogP contribution is -2.36. The molecule has 1 rings (SSSR count). The van der Waals surface area contributed by atoms with Crippen LogP contribution >= 0.6 is 0 Å². The Kier molecular flexibility index (Phi) is 4.94. The molecule has 14 heavy (non-hydrogen) atoms. The molecule has 3 heteroatoms. The summed E-state index contributed by atoms with van der Waals surface area (Å²) in [5.74, 6) is 0.308. The van der Waals surface area contributed by atoms with Gasteiger partial charge in [-0.05, 0) is 12.8 Å². The van der Waals surface area contributed by atoms with Crippen LogP contribution in [0.3, 0.4) is 0 Å². The number of amides is 1. The van der Waals surface area contributed by atoms with Crippen LogP contribution in [0.15, 0.2) is 0 Å². The minimum absolute atomic E-state index is 0.308. The maximum Gasteiger partial charge on any atom is 0.222 e. The molecule has 3 nitrogen and oxygen atoms in total. The molecule has 1 atom stereocenters. The van der Waals surface area contributed by atoms with Gasteiger partial charge in [-0.25, -0.2) is 0 Å². The van der Waals surface area contributed by atoms with Crippen molar-refractivity contribution < 1.29 is 9.53 Å². The van der Waals surface area contributed by atoms with Crippen LogP contribution in [0.4, 0.5) is 0 Å². The zero-order valence-electron chi connectivity index (χ0n) is 9.29. The number of carbonyl (C=O) groups excluding carboxylic acids is 1. The van der Waals surface area contributed by atoms with E-state index in [-0.39, 0.29) is 0 Å². The minimum atomic E-state index is 0.308. The zero-order chi connectivity index (χ0) is 10.4. The van der Waals surface area contributed by atoms with Crippen molar-refractivity contribution in [2.24, 2.45) is 0 Å². The summed E-state index contributed by atoms with van der Waals surface area (Å²) in [5.41, 5.74) is 0. The number of carbonyl (C=O) groups is 1. The maximum absolute atomic E-state index is 11.5. The molecule has 0 spiro atoms. The molecule has 0 aromatic heterocycles. The lowest BCUT2D eigenvalue weighted by Gasteiger charge is -2.24. The molecule has 0 aromatic rings. The highest BCUT2D eigenvalue weighted by atomic mass is 16.5. The van der Waals surface area contributed by atoms with E-state index >= 15 is 0 Å². The number of methoxy groups -OCH3 is 1. The third-order valence-corrected chi connectivity index (χ3v) is 2.81. The first-order valence-electron chi connectivity index (χ1n) is 5.58. The van der Waals surface area contributed by atoms with Crippen LogP contribution in [0.2, 0.25) is 0 Å². The first kappa shape index (κ1) is 11.5. The van der Waals surface area contributed by atoms with Gasteiger partial charge in [-0.15, -0.1) is 0 Å². The second-order valence-electron chi connectivity index (χ2n) is 3.94. The highest BCUT2D eigenvalue weighted by Gasteiger charge is 2.29. The van der Waals surface area contributed by atoms with Gasteiger partial charge in [0.2, 0.25) is 5.91 Å². The van der Waals surface area contributed by atoms with E-state index in [0.29, 0.717) is 25.0 Å². The molecule has 0 aliphatic carbocycles. The molecule has 0 saturated carbocycles. The Labute approximate surface area is 86.4 Å². The molecule has 1 aliphatic rings. The van der Waals surface area contributed by atoms with Gasteiger partial charge in [-0.2, -0.15) is 0 Å². The number of unbranched alkanes of at least 4 members (excludes halogenated alkanes) is 2. The Balaban J connectivity index is 2.33. The Morgan fingerprint density at radius 3 is 2.93 bits per heavy atom. The van der Waals surface area contributed by atoms with E-state index in [1.165, 1.54) is 12.8 Å². The van der Waals surface area contributed by atoms with Crippen LogP contribution < -0.4 is 0 Å². The number of hydrogen-bond donors (Lipinski definition) is 0. The summed E-state index contributed by atoms with van der Waals surface area (Å²) in [4.78, 5) is 13.5. The zero-order valence-corrected chi connectivity index (χ0v) is 9.29. The van der Waals surface area contributed by atoms with Gasteiger partial charge in [0.1, 0.15) is 0 Å². The molecule has 1 heterocycles. The van der Waals surface area contributed by atoms with E-state index in [4.69, 9.17) is 4.74 Å². The molecule has 1 fully saturated rings. The van der Waals surface area contributed by atoms with Gasteiger partial charge < -0.3 is 9.64 Å². The van der Waals surface area contributed by atoms with Crippen molar-refractivity contribution in [3.8, 4) is 0 Å². The van der Waals surface area contributed by atoms with Crippen LogP contribution in [0.5, 0.6) is 0 Å². The number of nitrogens with zero attached hydrogens (tertiary/aromatic N) is 1. The van der Waals surface area contributed by atoms with E-state index in [1.54, 1.807) is 7.11 Å². The predicted octanol–water partition coefficient (Wildman–Crippen LogP) is 1.81. The average molecular weight is 199 g/mol. The first-order valence-corrected chi connectivity index (χ1v) is 5.58. The third-order valence-electron chi connectivity index (χ3n) is 2.81. The van der Waals surface area contributed by atoms with Gasteiger partial charge >= 0.3 is 0 Å². The number of likely N-dealkylation sites (tertiary alicyclic amines) is 1. The second kappa shape index (κ2) is 6.02. The molecule has 0 unspecified atom stereocenters. The predicted molar refractivity (Wildman–Crippen MR) is 56.1 cm³/mol. The van der Waals surface area contributed by atoms with E-state index in [1.807, 2.05) is 4.90 Å². The van der Waals surface area contributed by atoms with Crippen molar-refractivity contribution in [2.75, 3.05) is 20.3 Å². The molecule has 1 saturated heterocycles. The van der Waals surface area contributed by atoms with E-state index in [2.05, 4.69) is 6.92 Å². The average Bonchev–Trinajstić information content (AvgIpc) is 2.50. The fourth-order valence-corrected chi connectivity index (χ4v) is 2.00. The van der Waals surface area contributed by atoms with Gasteiger partial charge in [-0.3, -0.25) is 4.79 Å². The van der Waals surface area contributed by atoms with Crippen molar-refractivity contribution in [1.82, 2.24) is 4.90 Å². The van der Waals surface area contributed by atoms with Crippen molar-refractivity contribution in [1.29, 1.82) is 0 Å². The van der Waals surface area contributed by atoms with Gasteiger partial charge in [0, 0.05) is 20.1 Å². The van der Waals surface area contributed by atoms with E-state index < -0.39 is 0 Å². The molecule has 1 amide bonds. The Hall–Kier alpha value is -0.570. The lowest BCUT2D eigenvalue weighted by molar-refractivity contribution is -0.129. The topological polar surface area (TPSA) is 29.5 Å². The van der Waals surface area contributed by atoms with Crippen LogP contribution in [0.1, 0.15) is 39.0 Å². The highest BCUT2D eigenvalue weighted by molar-refractivity contribution is 5.78. The van der Waals surface area contributed by atoms with E-state index in [0.717, 1.165) is 19.4 Å². The molecule has 1 aliphatic heterocycles. The molecule has 82 valence electrons. The molecule has 0 radical (unpaired) electrons. The number of hydrogen-bond acceptors (Lipinski definition) is 2. The second-order valence-corrected chi connectivity index (χ2v) is 3.94. The summed E-state index contributed by atoms with van der Waals surface area (Å²) >= 11 is 0. The Morgan fingerprint density at radius 2 is 2.29 bits per heavy atom. The van der Waals surface area contributed by atoms with Crippen LogP contribution in [-0.4, -0.2) is 37.1 Å². The van der Waals surface area contributed by atoms with Gasteiger partial charge in [-0.1, -0.05) is 19.8 Å². The molecular formula is C11H21NO2. The maximum atomic E-state index is 11.5. The summed E-state index contributed by atoms with van der Waals surface area (Å²) in [5, 5.41) is 0. The van der Waals surface area contributed by atoms with Crippen molar-refractivity contribution >= 4 is 5.91 Å². The SMILES string of the molecule is CCCCCN1C(=O)CC[C@@H]1COC.